The van der Waals surface area contributed by atoms with Crippen LogP contribution in [0.3, 0.4) is 0 Å². The molecule has 0 aliphatic heterocycles. The molecule has 4 nitrogen and oxygen atoms in total. The topological polar surface area (TPSA) is 63.2 Å². The number of aryl methyl sites for hydroxylation is 1. The summed E-state index contributed by atoms with van der Waals surface area (Å²) >= 11 is 0. The summed E-state index contributed by atoms with van der Waals surface area (Å²) in [6.45, 7) is 12.1. The van der Waals surface area contributed by atoms with Crippen LogP contribution in [0.5, 0.6) is 0 Å². The average molecular weight is 325 g/mol. The van der Waals surface area contributed by atoms with Gasteiger partial charge in [0.15, 0.2) is 9.84 Å². The minimum absolute atomic E-state index is 0.0838. The second-order valence-electron chi connectivity index (χ2n) is 7.82. The fraction of sp³-hybridized carbons (Fsp3) is 0.588. The van der Waals surface area contributed by atoms with Crippen molar-refractivity contribution in [2.24, 2.45) is 5.41 Å². The largest absolute Gasteiger partial charge is 0.347 e. The quantitative estimate of drug-likeness (QED) is 0.923. The molecule has 22 heavy (non-hydrogen) atoms. The molecule has 1 N–H and O–H groups in total. The van der Waals surface area contributed by atoms with Crippen LogP contribution in [0.25, 0.3) is 0 Å². The molecule has 0 atom stereocenters. The van der Waals surface area contributed by atoms with Gasteiger partial charge in [0.2, 0.25) is 0 Å². The molecule has 0 radical (unpaired) electrons. The summed E-state index contributed by atoms with van der Waals surface area (Å²) in [6, 6.07) is 4.65. The minimum atomic E-state index is -3.33. The van der Waals surface area contributed by atoms with Crippen molar-refractivity contribution < 1.29 is 13.2 Å². The Balaban J connectivity index is 3.09. The van der Waals surface area contributed by atoms with Gasteiger partial charge in [0.25, 0.3) is 5.91 Å². The van der Waals surface area contributed by atoms with Gasteiger partial charge in [-0.05, 0) is 50.3 Å². The SMILES string of the molecule is Cc1ccc(S(C)(=O)=O)cc1C(=O)NC(C)(C)CC(C)(C)C. The van der Waals surface area contributed by atoms with Gasteiger partial charge in [-0.25, -0.2) is 8.42 Å². The third-order valence-corrected chi connectivity index (χ3v) is 4.42. The van der Waals surface area contributed by atoms with Gasteiger partial charge in [0, 0.05) is 17.4 Å². The Morgan fingerprint density at radius 1 is 1.14 bits per heavy atom. The number of sulfone groups is 1. The molecule has 0 heterocycles. The molecule has 124 valence electrons. The van der Waals surface area contributed by atoms with Gasteiger partial charge in [0.05, 0.1) is 4.90 Å². The molecule has 0 aliphatic carbocycles. The molecule has 0 saturated carbocycles. The van der Waals surface area contributed by atoms with Crippen LogP contribution in [-0.2, 0) is 9.84 Å². The highest BCUT2D eigenvalue weighted by Gasteiger charge is 2.28. The number of amides is 1. The summed E-state index contributed by atoms with van der Waals surface area (Å²) in [5.41, 5.74) is 0.880. The molecule has 1 aromatic carbocycles. The molecule has 0 saturated heterocycles. The van der Waals surface area contributed by atoms with E-state index in [1.807, 2.05) is 13.8 Å². The minimum Gasteiger partial charge on any atom is -0.347 e. The lowest BCUT2D eigenvalue weighted by atomic mass is 9.81. The van der Waals surface area contributed by atoms with E-state index in [0.717, 1.165) is 18.2 Å². The first-order valence-corrected chi connectivity index (χ1v) is 9.24. The molecule has 0 aliphatic rings. The highest BCUT2D eigenvalue weighted by atomic mass is 32.2. The number of rotatable bonds is 4. The van der Waals surface area contributed by atoms with Gasteiger partial charge in [-0.3, -0.25) is 4.79 Å². The summed E-state index contributed by atoms with van der Waals surface area (Å²) < 4.78 is 23.3. The van der Waals surface area contributed by atoms with Crippen LogP contribution < -0.4 is 5.32 Å². The molecule has 0 bridgehead atoms. The van der Waals surface area contributed by atoms with Crippen molar-refractivity contribution in [1.82, 2.24) is 5.32 Å². The summed E-state index contributed by atoms with van der Waals surface area (Å²) in [6.07, 6.45) is 1.96. The molecule has 1 amide bonds. The molecule has 1 rings (SSSR count). The van der Waals surface area contributed by atoms with E-state index in [1.54, 1.807) is 13.0 Å². The summed E-state index contributed by atoms with van der Waals surface area (Å²) in [4.78, 5) is 12.7. The predicted octanol–water partition coefficient (Wildman–Crippen LogP) is 3.34. The second kappa shape index (κ2) is 6.03. The zero-order valence-corrected chi connectivity index (χ0v) is 15.4. The van der Waals surface area contributed by atoms with Gasteiger partial charge < -0.3 is 5.32 Å². The van der Waals surface area contributed by atoms with Crippen LogP contribution in [0, 0.1) is 12.3 Å². The van der Waals surface area contributed by atoms with Crippen LogP contribution in [0.1, 0.15) is 57.0 Å². The van der Waals surface area contributed by atoms with Crippen molar-refractivity contribution in [3.8, 4) is 0 Å². The van der Waals surface area contributed by atoms with Gasteiger partial charge >= 0.3 is 0 Å². The van der Waals surface area contributed by atoms with Gasteiger partial charge in [-0.1, -0.05) is 26.8 Å². The number of carbonyl (C=O) groups is 1. The summed E-state index contributed by atoms with van der Waals surface area (Å²) in [5, 5.41) is 3.01. The lowest BCUT2D eigenvalue weighted by Gasteiger charge is -2.33. The van der Waals surface area contributed by atoms with Crippen molar-refractivity contribution in [1.29, 1.82) is 0 Å². The Morgan fingerprint density at radius 2 is 1.68 bits per heavy atom. The van der Waals surface area contributed by atoms with E-state index in [1.165, 1.54) is 12.1 Å². The second-order valence-corrected chi connectivity index (χ2v) is 9.84. The first kappa shape index (κ1) is 18.7. The highest BCUT2D eigenvalue weighted by molar-refractivity contribution is 7.90. The number of carbonyl (C=O) groups excluding carboxylic acids is 1. The van der Waals surface area contributed by atoms with E-state index < -0.39 is 9.84 Å². The van der Waals surface area contributed by atoms with Gasteiger partial charge in [0.1, 0.15) is 0 Å². The maximum atomic E-state index is 12.5. The third kappa shape index (κ3) is 5.44. The first-order valence-electron chi connectivity index (χ1n) is 7.34. The Bertz CT molecular complexity index is 668. The zero-order valence-electron chi connectivity index (χ0n) is 14.6. The normalized spacial score (nSPS) is 13.0. The van der Waals surface area contributed by atoms with Crippen LogP contribution in [-0.4, -0.2) is 26.1 Å². The fourth-order valence-electron chi connectivity index (χ4n) is 2.82. The Kier molecular flexibility index (Phi) is 5.12. The molecule has 1 aromatic rings. The molecule has 0 aromatic heterocycles. The van der Waals surface area contributed by atoms with Gasteiger partial charge in [-0.15, -0.1) is 0 Å². The lowest BCUT2D eigenvalue weighted by Crippen LogP contribution is -2.46. The van der Waals surface area contributed by atoms with Gasteiger partial charge in [-0.2, -0.15) is 0 Å². The smallest absolute Gasteiger partial charge is 0.252 e. The van der Waals surface area contributed by atoms with Crippen molar-refractivity contribution in [2.75, 3.05) is 6.26 Å². The van der Waals surface area contributed by atoms with E-state index >= 15 is 0 Å². The molecule has 0 fully saturated rings. The predicted molar refractivity (Wildman–Crippen MR) is 89.9 cm³/mol. The Labute approximate surface area is 134 Å². The van der Waals surface area contributed by atoms with Crippen molar-refractivity contribution in [2.45, 2.75) is 58.4 Å². The maximum absolute atomic E-state index is 12.5. The van der Waals surface area contributed by atoms with E-state index in [2.05, 4.69) is 26.1 Å². The Hall–Kier alpha value is -1.36. The zero-order chi connectivity index (χ0) is 17.3. The summed E-state index contributed by atoms with van der Waals surface area (Å²) in [7, 11) is -3.33. The fourth-order valence-corrected chi connectivity index (χ4v) is 3.47. The summed E-state index contributed by atoms with van der Waals surface area (Å²) in [5.74, 6) is -0.239. The molecular formula is C17H27NO3S. The average Bonchev–Trinajstić information content (AvgIpc) is 2.23. The van der Waals surface area contributed by atoms with Crippen LogP contribution in [0.2, 0.25) is 0 Å². The maximum Gasteiger partial charge on any atom is 0.252 e. The molecule has 5 heteroatoms. The van der Waals surface area contributed by atoms with E-state index in [4.69, 9.17) is 0 Å². The third-order valence-electron chi connectivity index (χ3n) is 3.31. The highest BCUT2D eigenvalue weighted by Crippen LogP contribution is 2.27. The number of hydrogen-bond donors (Lipinski definition) is 1. The number of benzene rings is 1. The Morgan fingerprint density at radius 3 is 2.14 bits per heavy atom. The van der Waals surface area contributed by atoms with Crippen molar-refractivity contribution >= 4 is 15.7 Å². The van der Waals surface area contributed by atoms with Crippen LogP contribution >= 0.6 is 0 Å². The van der Waals surface area contributed by atoms with Crippen molar-refractivity contribution in [3.05, 3.63) is 29.3 Å². The standard InChI is InChI=1S/C17H27NO3S/c1-12-8-9-13(22(7,20)21)10-14(12)15(19)18-17(5,6)11-16(2,3)4/h8-10H,11H2,1-7H3,(H,18,19). The van der Waals surface area contributed by atoms with Crippen LogP contribution in [0.4, 0.5) is 0 Å². The van der Waals surface area contributed by atoms with E-state index in [-0.39, 0.29) is 21.8 Å². The molecule has 0 unspecified atom stereocenters. The number of hydrogen-bond acceptors (Lipinski definition) is 3. The van der Waals surface area contributed by atoms with E-state index in [0.29, 0.717) is 5.56 Å². The molecular weight excluding hydrogens is 298 g/mol. The monoisotopic (exact) mass is 325 g/mol. The van der Waals surface area contributed by atoms with E-state index in [9.17, 15) is 13.2 Å². The molecule has 0 spiro atoms. The van der Waals surface area contributed by atoms with Crippen molar-refractivity contribution in [3.63, 3.8) is 0 Å². The lowest BCUT2D eigenvalue weighted by molar-refractivity contribution is 0.0890. The first-order chi connectivity index (χ1) is 9.71. The number of nitrogens with one attached hydrogen (secondary N) is 1. The van der Waals surface area contributed by atoms with Crippen LogP contribution in [0.15, 0.2) is 23.1 Å².